The predicted molar refractivity (Wildman–Crippen MR) is 64.9 cm³/mol. The summed E-state index contributed by atoms with van der Waals surface area (Å²) in [6.07, 6.45) is 0.617. The Hall–Kier alpha value is -1.26. The third-order valence-corrected chi connectivity index (χ3v) is 2.46. The van der Waals surface area contributed by atoms with E-state index in [9.17, 15) is 4.79 Å². The van der Waals surface area contributed by atoms with E-state index < -0.39 is 0 Å². The molecule has 0 aliphatic carbocycles. The van der Waals surface area contributed by atoms with Gasteiger partial charge < -0.3 is 10.5 Å². The first-order chi connectivity index (χ1) is 7.31. The van der Waals surface area contributed by atoms with Crippen LogP contribution < -0.4 is 10.6 Å². The molecule has 2 N–H and O–H groups in total. The average molecular weight is 243 g/mol. The molecule has 1 heterocycles. The number of carbonyl (C=O) groups is 1. The van der Waals surface area contributed by atoms with E-state index in [0.29, 0.717) is 13.2 Å². The quantitative estimate of drug-likeness (QED) is 0.862. The summed E-state index contributed by atoms with van der Waals surface area (Å²) in [6.45, 7) is 1.77. The molecule has 88 valence electrons. The molecule has 0 spiro atoms. The van der Waals surface area contributed by atoms with Crippen LogP contribution in [0.3, 0.4) is 0 Å². The number of cyclic esters (lactones) is 1. The monoisotopic (exact) mass is 242 g/mol. The van der Waals surface area contributed by atoms with E-state index in [4.69, 9.17) is 10.5 Å². The molecule has 0 aromatic heterocycles. The maximum atomic E-state index is 11.4. The van der Waals surface area contributed by atoms with Gasteiger partial charge in [-0.15, -0.1) is 12.4 Å². The van der Waals surface area contributed by atoms with Crippen LogP contribution in [0.5, 0.6) is 0 Å². The van der Waals surface area contributed by atoms with Crippen molar-refractivity contribution in [3.8, 4) is 0 Å². The van der Waals surface area contributed by atoms with Gasteiger partial charge in [0.1, 0.15) is 0 Å². The lowest BCUT2D eigenvalue weighted by molar-refractivity contribution is 0.140. The number of anilines is 1. The Morgan fingerprint density at radius 1 is 1.31 bits per heavy atom. The zero-order chi connectivity index (χ0) is 10.7. The summed E-state index contributed by atoms with van der Waals surface area (Å²) in [5, 5.41) is 0. The predicted octanol–water partition coefficient (Wildman–Crippen LogP) is 1.91. The Labute approximate surface area is 101 Å². The van der Waals surface area contributed by atoms with Crippen LogP contribution >= 0.6 is 12.4 Å². The molecule has 4 nitrogen and oxygen atoms in total. The minimum atomic E-state index is -0.262. The highest BCUT2D eigenvalue weighted by Gasteiger charge is 2.20. The minimum Gasteiger partial charge on any atom is -0.449 e. The molecule has 1 fully saturated rings. The fourth-order valence-electron chi connectivity index (χ4n) is 1.60. The number of nitrogens with two attached hydrogens (primary N) is 1. The van der Waals surface area contributed by atoms with E-state index in [2.05, 4.69) is 0 Å². The highest BCUT2D eigenvalue weighted by Crippen LogP contribution is 2.18. The largest absolute Gasteiger partial charge is 0.449 e. The van der Waals surface area contributed by atoms with Gasteiger partial charge in [0, 0.05) is 18.8 Å². The smallest absolute Gasteiger partial charge is 0.414 e. The molecular formula is C11H15ClN2O2. The molecule has 1 saturated heterocycles. The third kappa shape index (κ3) is 2.65. The fourth-order valence-corrected chi connectivity index (χ4v) is 1.60. The maximum Gasteiger partial charge on any atom is 0.414 e. The Bertz CT molecular complexity index is 354. The summed E-state index contributed by atoms with van der Waals surface area (Å²) < 4.78 is 4.96. The van der Waals surface area contributed by atoms with Gasteiger partial charge in [-0.2, -0.15) is 0 Å². The number of hydrogen-bond donors (Lipinski definition) is 1. The zero-order valence-corrected chi connectivity index (χ0v) is 9.70. The Kier molecular flexibility index (Phi) is 4.58. The van der Waals surface area contributed by atoms with Gasteiger partial charge in [0.15, 0.2) is 0 Å². The molecule has 5 heteroatoms. The highest BCUT2D eigenvalue weighted by atomic mass is 35.5. The molecule has 1 aromatic carbocycles. The number of halogens is 1. The average Bonchev–Trinajstić information content (AvgIpc) is 2.30. The van der Waals surface area contributed by atoms with Crippen LogP contribution in [0, 0.1) is 0 Å². The van der Waals surface area contributed by atoms with E-state index in [1.807, 2.05) is 24.3 Å². The Morgan fingerprint density at radius 2 is 2.00 bits per heavy atom. The van der Waals surface area contributed by atoms with Gasteiger partial charge in [0.05, 0.1) is 6.61 Å². The van der Waals surface area contributed by atoms with Crippen LogP contribution in [0.1, 0.15) is 12.0 Å². The van der Waals surface area contributed by atoms with Crippen molar-refractivity contribution in [1.29, 1.82) is 0 Å². The molecule has 1 aliphatic rings. The van der Waals surface area contributed by atoms with Gasteiger partial charge in [-0.1, -0.05) is 12.1 Å². The van der Waals surface area contributed by atoms with Crippen molar-refractivity contribution in [2.24, 2.45) is 5.73 Å². The van der Waals surface area contributed by atoms with Gasteiger partial charge in [-0.3, -0.25) is 4.90 Å². The second-order valence-corrected chi connectivity index (χ2v) is 3.49. The lowest BCUT2D eigenvalue weighted by Gasteiger charge is -2.26. The van der Waals surface area contributed by atoms with Crippen molar-refractivity contribution in [2.75, 3.05) is 18.1 Å². The van der Waals surface area contributed by atoms with Crippen molar-refractivity contribution in [2.45, 2.75) is 13.0 Å². The van der Waals surface area contributed by atoms with E-state index in [-0.39, 0.29) is 18.5 Å². The number of rotatable bonds is 2. The SMILES string of the molecule is Cl.NCc1ccc(N2CCCOC2=O)cc1. The van der Waals surface area contributed by atoms with Gasteiger partial charge in [-0.25, -0.2) is 4.79 Å². The van der Waals surface area contributed by atoms with Crippen molar-refractivity contribution in [3.05, 3.63) is 29.8 Å². The van der Waals surface area contributed by atoms with Gasteiger partial charge >= 0.3 is 6.09 Å². The molecular weight excluding hydrogens is 228 g/mol. The topological polar surface area (TPSA) is 55.6 Å². The summed E-state index contributed by atoms with van der Waals surface area (Å²) in [6, 6.07) is 7.65. The number of ether oxygens (including phenoxy) is 1. The second-order valence-electron chi connectivity index (χ2n) is 3.49. The van der Waals surface area contributed by atoms with Crippen molar-refractivity contribution in [3.63, 3.8) is 0 Å². The number of amides is 1. The first kappa shape index (κ1) is 12.8. The molecule has 1 aliphatic heterocycles. The second kappa shape index (κ2) is 5.72. The summed E-state index contributed by atoms with van der Waals surface area (Å²) in [5.41, 5.74) is 7.43. The number of benzene rings is 1. The van der Waals surface area contributed by atoms with Crippen LogP contribution in [0.4, 0.5) is 10.5 Å². The van der Waals surface area contributed by atoms with E-state index in [1.54, 1.807) is 4.90 Å². The lowest BCUT2D eigenvalue weighted by Crippen LogP contribution is -2.37. The summed E-state index contributed by atoms with van der Waals surface area (Å²) in [5.74, 6) is 0. The molecule has 1 aromatic rings. The summed E-state index contributed by atoms with van der Waals surface area (Å²) in [4.78, 5) is 13.1. The molecule has 0 radical (unpaired) electrons. The van der Waals surface area contributed by atoms with Crippen LogP contribution in [-0.4, -0.2) is 19.2 Å². The molecule has 0 unspecified atom stereocenters. The summed E-state index contributed by atoms with van der Waals surface area (Å²) >= 11 is 0. The number of carbonyl (C=O) groups excluding carboxylic acids is 1. The lowest BCUT2D eigenvalue weighted by atomic mass is 10.2. The Morgan fingerprint density at radius 3 is 2.56 bits per heavy atom. The van der Waals surface area contributed by atoms with Gasteiger partial charge in [-0.05, 0) is 24.1 Å². The minimum absolute atomic E-state index is 0. The highest BCUT2D eigenvalue weighted by molar-refractivity contribution is 5.88. The fraction of sp³-hybridized carbons (Fsp3) is 0.364. The van der Waals surface area contributed by atoms with Crippen LogP contribution in [0.2, 0.25) is 0 Å². The molecule has 0 bridgehead atoms. The molecule has 0 atom stereocenters. The normalized spacial score (nSPS) is 15.3. The van der Waals surface area contributed by atoms with Crippen molar-refractivity contribution in [1.82, 2.24) is 0 Å². The first-order valence-electron chi connectivity index (χ1n) is 5.04. The van der Waals surface area contributed by atoms with Gasteiger partial charge in [0.25, 0.3) is 0 Å². The van der Waals surface area contributed by atoms with Gasteiger partial charge in [0.2, 0.25) is 0 Å². The van der Waals surface area contributed by atoms with Crippen LogP contribution in [0.15, 0.2) is 24.3 Å². The van der Waals surface area contributed by atoms with Crippen molar-refractivity contribution >= 4 is 24.2 Å². The zero-order valence-electron chi connectivity index (χ0n) is 8.89. The molecule has 2 rings (SSSR count). The van der Waals surface area contributed by atoms with Crippen molar-refractivity contribution < 1.29 is 9.53 Å². The van der Waals surface area contributed by atoms with E-state index >= 15 is 0 Å². The van der Waals surface area contributed by atoms with E-state index in [1.165, 1.54) is 0 Å². The van der Waals surface area contributed by atoms with Crippen LogP contribution in [0.25, 0.3) is 0 Å². The maximum absolute atomic E-state index is 11.4. The molecule has 16 heavy (non-hydrogen) atoms. The standard InChI is InChI=1S/C11H14N2O2.ClH/c12-8-9-2-4-10(5-3-9)13-6-1-7-15-11(13)14;/h2-5H,1,6-8,12H2;1H. The summed E-state index contributed by atoms with van der Waals surface area (Å²) in [7, 11) is 0. The number of hydrogen-bond acceptors (Lipinski definition) is 3. The molecule has 1 amide bonds. The number of nitrogens with zero attached hydrogens (tertiary/aromatic N) is 1. The third-order valence-electron chi connectivity index (χ3n) is 2.46. The first-order valence-corrected chi connectivity index (χ1v) is 5.04. The van der Waals surface area contributed by atoms with E-state index in [0.717, 1.165) is 24.2 Å². The molecule has 0 saturated carbocycles. The Balaban J connectivity index is 0.00000128. The van der Waals surface area contributed by atoms with Crippen LogP contribution in [-0.2, 0) is 11.3 Å².